The second kappa shape index (κ2) is 10.1. The first kappa shape index (κ1) is 22.3. The number of aryl methyl sites for hydroxylation is 1. The lowest BCUT2D eigenvalue weighted by Crippen LogP contribution is -2.34. The summed E-state index contributed by atoms with van der Waals surface area (Å²) in [6, 6.07) is 10.4. The summed E-state index contributed by atoms with van der Waals surface area (Å²) in [6.07, 6.45) is 3.48. The van der Waals surface area contributed by atoms with Crippen molar-refractivity contribution < 1.29 is 18.7 Å². The molecule has 0 fully saturated rings. The Hall–Kier alpha value is -3.39. The van der Waals surface area contributed by atoms with Gasteiger partial charge >= 0.3 is 0 Å². The van der Waals surface area contributed by atoms with E-state index in [1.807, 2.05) is 35.9 Å². The van der Waals surface area contributed by atoms with Crippen LogP contribution in [0.1, 0.15) is 34.2 Å². The molecule has 0 aliphatic carbocycles. The molecule has 0 aliphatic rings. The molecule has 0 saturated heterocycles. The van der Waals surface area contributed by atoms with Crippen LogP contribution in [0, 0.1) is 5.82 Å². The summed E-state index contributed by atoms with van der Waals surface area (Å²) in [5.41, 5.74) is 0.954. The lowest BCUT2D eigenvalue weighted by Gasteiger charge is -2.20. The van der Waals surface area contributed by atoms with E-state index in [0.29, 0.717) is 11.6 Å². The fourth-order valence-corrected chi connectivity index (χ4v) is 3.32. The highest BCUT2D eigenvalue weighted by atomic mass is 35.5. The summed E-state index contributed by atoms with van der Waals surface area (Å²) in [7, 11) is 3.41. The van der Waals surface area contributed by atoms with E-state index in [0.717, 1.165) is 17.7 Å². The topological polar surface area (TPSA) is 85.2 Å². The van der Waals surface area contributed by atoms with Crippen molar-refractivity contribution in [2.45, 2.75) is 12.5 Å². The van der Waals surface area contributed by atoms with Crippen molar-refractivity contribution in [3.8, 4) is 5.75 Å². The van der Waals surface area contributed by atoms with Gasteiger partial charge in [0.25, 0.3) is 5.91 Å². The largest absolute Gasteiger partial charge is 0.497 e. The molecule has 3 rings (SSSR count). The molecule has 0 radical (unpaired) electrons. The maximum atomic E-state index is 13.1. The molecule has 3 aromatic rings. The Morgan fingerprint density at radius 1 is 1.26 bits per heavy atom. The fourth-order valence-electron chi connectivity index (χ4n) is 3.06. The van der Waals surface area contributed by atoms with Crippen LogP contribution in [0.15, 0.2) is 54.9 Å². The maximum Gasteiger partial charge on any atom is 0.252 e. The number of nitrogens with zero attached hydrogens (tertiary/aromatic N) is 2. The van der Waals surface area contributed by atoms with Crippen molar-refractivity contribution in [2.75, 3.05) is 13.7 Å². The van der Waals surface area contributed by atoms with Gasteiger partial charge in [-0.2, -0.15) is 0 Å². The standard InChI is InChI=1S/C22H22ClFN4O3/c1-28-11-10-25-21(28)20(14-4-3-5-16(12-14)31-2)27-19(29)8-9-26-22(30)17-7-6-15(24)13-18(17)23/h3-7,10-13,20H,8-9H2,1-2H3,(H,26,30)(H,27,29). The van der Waals surface area contributed by atoms with Crippen molar-refractivity contribution in [3.63, 3.8) is 0 Å². The highest BCUT2D eigenvalue weighted by Crippen LogP contribution is 2.24. The third kappa shape index (κ3) is 5.61. The van der Waals surface area contributed by atoms with Crippen LogP contribution in [-0.4, -0.2) is 35.0 Å². The van der Waals surface area contributed by atoms with Crippen molar-refractivity contribution in [3.05, 3.63) is 82.6 Å². The molecule has 1 aromatic heterocycles. The monoisotopic (exact) mass is 444 g/mol. The van der Waals surface area contributed by atoms with E-state index in [-0.39, 0.29) is 29.5 Å². The fraction of sp³-hybridized carbons (Fsp3) is 0.227. The van der Waals surface area contributed by atoms with Gasteiger partial charge in [-0.25, -0.2) is 9.37 Å². The minimum absolute atomic E-state index is 0.00910. The number of carbonyl (C=O) groups is 2. The molecule has 162 valence electrons. The first-order valence-corrected chi connectivity index (χ1v) is 9.90. The number of aromatic nitrogens is 2. The predicted molar refractivity (Wildman–Crippen MR) is 115 cm³/mol. The number of nitrogens with one attached hydrogen (secondary N) is 2. The molecule has 9 heteroatoms. The molecule has 0 spiro atoms. The van der Waals surface area contributed by atoms with Crippen LogP contribution in [0.3, 0.4) is 0 Å². The van der Waals surface area contributed by atoms with Crippen LogP contribution in [0.4, 0.5) is 4.39 Å². The SMILES string of the molecule is COc1cccc(C(NC(=O)CCNC(=O)c2ccc(F)cc2Cl)c2nccn2C)c1. The number of imidazole rings is 1. The lowest BCUT2D eigenvalue weighted by atomic mass is 10.1. The third-order valence-electron chi connectivity index (χ3n) is 4.66. The Bertz CT molecular complexity index is 1090. The van der Waals surface area contributed by atoms with Gasteiger partial charge in [-0.3, -0.25) is 9.59 Å². The summed E-state index contributed by atoms with van der Waals surface area (Å²) in [6.45, 7) is 0.0871. The van der Waals surface area contributed by atoms with Crippen molar-refractivity contribution in [2.24, 2.45) is 7.05 Å². The van der Waals surface area contributed by atoms with Gasteiger partial charge in [-0.15, -0.1) is 0 Å². The average Bonchev–Trinajstić information content (AvgIpc) is 3.17. The molecular formula is C22H22ClFN4O3. The van der Waals surface area contributed by atoms with Gasteiger partial charge in [-0.1, -0.05) is 23.7 Å². The molecule has 2 aromatic carbocycles. The summed E-state index contributed by atoms with van der Waals surface area (Å²) in [5.74, 6) is 0.0319. The zero-order chi connectivity index (χ0) is 22.4. The van der Waals surface area contributed by atoms with E-state index in [2.05, 4.69) is 15.6 Å². The van der Waals surface area contributed by atoms with Crippen molar-refractivity contribution >= 4 is 23.4 Å². The molecule has 0 aliphatic heterocycles. The van der Waals surface area contributed by atoms with Gasteiger partial charge < -0.3 is 19.9 Å². The van der Waals surface area contributed by atoms with Gasteiger partial charge in [0, 0.05) is 32.4 Å². The Balaban J connectivity index is 1.65. The lowest BCUT2D eigenvalue weighted by molar-refractivity contribution is -0.121. The second-order valence-electron chi connectivity index (χ2n) is 6.80. The minimum Gasteiger partial charge on any atom is -0.497 e. The number of amides is 2. The van der Waals surface area contributed by atoms with Gasteiger partial charge in [0.1, 0.15) is 23.4 Å². The Labute approximate surface area is 184 Å². The Kier molecular flexibility index (Phi) is 7.25. The number of benzene rings is 2. The van der Waals surface area contributed by atoms with Crippen LogP contribution in [-0.2, 0) is 11.8 Å². The van der Waals surface area contributed by atoms with E-state index in [4.69, 9.17) is 16.3 Å². The van der Waals surface area contributed by atoms with E-state index in [1.165, 1.54) is 6.07 Å². The third-order valence-corrected chi connectivity index (χ3v) is 4.98. The van der Waals surface area contributed by atoms with Crippen molar-refractivity contribution in [1.29, 1.82) is 0 Å². The smallest absolute Gasteiger partial charge is 0.252 e. The van der Waals surface area contributed by atoms with Crippen LogP contribution in [0.2, 0.25) is 5.02 Å². The minimum atomic E-state index is -0.529. The zero-order valence-corrected chi connectivity index (χ0v) is 17.8. The molecule has 1 heterocycles. The second-order valence-corrected chi connectivity index (χ2v) is 7.21. The van der Waals surface area contributed by atoms with Crippen LogP contribution in [0.5, 0.6) is 5.75 Å². The molecule has 0 bridgehead atoms. The number of hydrogen-bond acceptors (Lipinski definition) is 4. The molecular weight excluding hydrogens is 423 g/mol. The molecule has 2 amide bonds. The normalized spacial score (nSPS) is 11.6. The number of ether oxygens (including phenoxy) is 1. The van der Waals surface area contributed by atoms with E-state index < -0.39 is 17.8 Å². The van der Waals surface area contributed by atoms with Gasteiger partial charge in [0.2, 0.25) is 5.91 Å². The number of rotatable bonds is 8. The molecule has 1 unspecified atom stereocenters. The number of hydrogen-bond donors (Lipinski definition) is 2. The molecule has 7 nitrogen and oxygen atoms in total. The quantitative estimate of drug-likeness (QED) is 0.558. The van der Waals surface area contributed by atoms with E-state index in [1.54, 1.807) is 19.5 Å². The van der Waals surface area contributed by atoms with E-state index >= 15 is 0 Å². The van der Waals surface area contributed by atoms with Crippen LogP contribution >= 0.6 is 11.6 Å². The molecule has 1 atom stereocenters. The summed E-state index contributed by atoms with van der Waals surface area (Å²) < 4.78 is 20.2. The van der Waals surface area contributed by atoms with Crippen LogP contribution in [0.25, 0.3) is 0 Å². The van der Waals surface area contributed by atoms with Crippen molar-refractivity contribution in [1.82, 2.24) is 20.2 Å². The molecule has 31 heavy (non-hydrogen) atoms. The summed E-state index contributed by atoms with van der Waals surface area (Å²) in [5, 5.41) is 5.58. The van der Waals surface area contributed by atoms with Crippen LogP contribution < -0.4 is 15.4 Å². The number of methoxy groups -OCH3 is 1. The predicted octanol–water partition coefficient (Wildman–Crippen LogP) is 3.25. The first-order chi connectivity index (χ1) is 14.9. The Morgan fingerprint density at radius 2 is 2.06 bits per heavy atom. The summed E-state index contributed by atoms with van der Waals surface area (Å²) in [4.78, 5) is 29.2. The zero-order valence-electron chi connectivity index (χ0n) is 17.1. The maximum absolute atomic E-state index is 13.1. The number of carbonyl (C=O) groups excluding carboxylic acids is 2. The molecule has 0 saturated carbocycles. The average molecular weight is 445 g/mol. The first-order valence-electron chi connectivity index (χ1n) is 9.53. The van der Waals surface area contributed by atoms with Gasteiger partial charge in [0.15, 0.2) is 0 Å². The highest BCUT2D eigenvalue weighted by Gasteiger charge is 2.21. The van der Waals surface area contributed by atoms with Gasteiger partial charge in [-0.05, 0) is 35.9 Å². The number of halogens is 2. The Morgan fingerprint density at radius 3 is 2.74 bits per heavy atom. The molecule has 2 N–H and O–H groups in total. The van der Waals surface area contributed by atoms with E-state index in [9.17, 15) is 14.0 Å². The van der Waals surface area contributed by atoms with Gasteiger partial charge in [0.05, 0.1) is 17.7 Å². The summed E-state index contributed by atoms with van der Waals surface area (Å²) >= 11 is 5.90. The highest BCUT2D eigenvalue weighted by molar-refractivity contribution is 6.33.